The van der Waals surface area contributed by atoms with Gasteiger partial charge in [-0.3, -0.25) is 9.59 Å². The maximum absolute atomic E-state index is 12.8. The zero-order chi connectivity index (χ0) is 20.2. The fraction of sp³-hybridized carbons (Fsp3) is 0.417. The molecule has 1 fully saturated rings. The van der Waals surface area contributed by atoms with Crippen molar-refractivity contribution < 1.29 is 9.59 Å². The molecule has 4 rings (SSSR count). The van der Waals surface area contributed by atoms with E-state index in [1.165, 1.54) is 17.7 Å². The first-order chi connectivity index (χ1) is 14.1. The predicted molar refractivity (Wildman–Crippen MR) is 118 cm³/mol. The molecule has 29 heavy (non-hydrogen) atoms. The molecule has 0 radical (unpaired) electrons. The van der Waals surface area contributed by atoms with E-state index < -0.39 is 0 Å². The number of carbonyl (C=O) groups is 2. The second-order valence-corrected chi connectivity index (χ2v) is 8.03. The number of likely N-dealkylation sites (N-methyl/N-ethyl adjacent to an activating group) is 1. The number of nitrogens with one attached hydrogen (secondary N) is 2. The molecule has 2 aromatic carbocycles. The van der Waals surface area contributed by atoms with Crippen molar-refractivity contribution in [2.75, 3.05) is 28.6 Å². The zero-order valence-electron chi connectivity index (χ0n) is 17.0. The van der Waals surface area contributed by atoms with Crippen LogP contribution in [0.2, 0.25) is 0 Å². The van der Waals surface area contributed by atoms with Gasteiger partial charge in [0.05, 0.1) is 0 Å². The van der Waals surface area contributed by atoms with Crippen molar-refractivity contribution in [3.05, 3.63) is 53.6 Å². The van der Waals surface area contributed by atoms with E-state index in [0.717, 1.165) is 50.9 Å². The number of fused-ring (bicyclic) bond motifs is 1. The van der Waals surface area contributed by atoms with Crippen LogP contribution in [0.15, 0.2) is 42.5 Å². The number of carbonyl (C=O) groups excluding carboxylic acids is 2. The van der Waals surface area contributed by atoms with Crippen molar-refractivity contribution in [2.24, 2.45) is 5.92 Å². The van der Waals surface area contributed by atoms with E-state index in [1.54, 1.807) is 12.1 Å². The molecule has 0 saturated heterocycles. The highest BCUT2D eigenvalue weighted by molar-refractivity contribution is 6.05. The molecule has 0 atom stereocenters. The summed E-state index contributed by atoms with van der Waals surface area (Å²) in [4.78, 5) is 27.6. The molecule has 0 unspecified atom stereocenters. The number of anilines is 3. The smallest absolute Gasteiger partial charge is 0.255 e. The van der Waals surface area contributed by atoms with Gasteiger partial charge >= 0.3 is 0 Å². The van der Waals surface area contributed by atoms with E-state index in [9.17, 15) is 9.59 Å². The second kappa shape index (κ2) is 8.68. The molecule has 5 heteroatoms. The van der Waals surface area contributed by atoms with Crippen LogP contribution < -0.4 is 15.5 Å². The minimum atomic E-state index is -0.167. The maximum Gasteiger partial charge on any atom is 0.255 e. The number of hydrogen-bond donors (Lipinski definition) is 2. The molecule has 0 aromatic heterocycles. The second-order valence-electron chi connectivity index (χ2n) is 8.03. The van der Waals surface area contributed by atoms with Crippen molar-refractivity contribution >= 4 is 28.9 Å². The zero-order valence-corrected chi connectivity index (χ0v) is 17.0. The molecule has 1 aliphatic carbocycles. The van der Waals surface area contributed by atoms with Crippen molar-refractivity contribution in [3.8, 4) is 0 Å². The summed E-state index contributed by atoms with van der Waals surface area (Å²) >= 11 is 0. The van der Waals surface area contributed by atoms with Crippen LogP contribution in [0.5, 0.6) is 0 Å². The van der Waals surface area contributed by atoms with Crippen LogP contribution in [0.4, 0.5) is 17.1 Å². The molecule has 0 bridgehead atoms. The Bertz CT molecular complexity index is 903. The van der Waals surface area contributed by atoms with Gasteiger partial charge in [0.25, 0.3) is 5.91 Å². The molecule has 5 nitrogen and oxygen atoms in total. The summed E-state index contributed by atoms with van der Waals surface area (Å²) in [5, 5.41) is 5.99. The molecular formula is C24H29N3O2. The van der Waals surface area contributed by atoms with Gasteiger partial charge in [-0.1, -0.05) is 31.4 Å². The molecule has 2 N–H and O–H groups in total. The Balaban J connectivity index is 1.43. The van der Waals surface area contributed by atoms with Crippen LogP contribution in [-0.4, -0.2) is 24.9 Å². The summed E-state index contributed by atoms with van der Waals surface area (Å²) in [6.07, 6.45) is 6.43. The quantitative estimate of drug-likeness (QED) is 0.767. The Morgan fingerprint density at radius 3 is 2.59 bits per heavy atom. The minimum absolute atomic E-state index is 0.0699. The summed E-state index contributed by atoms with van der Waals surface area (Å²) in [7, 11) is 0. The first kappa shape index (κ1) is 19.5. The first-order valence-electron chi connectivity index (χ1n) is 10.7. The predicted octanol–water partition coefficient (Wildman–Crippen LogP) is 4.84. The van der Waals surface area contributed by atoms with E-state index in [4.69, 9.17) is 0 Å². The average molecular weight is 392 g/mol. The SMILES string of the molecule is CCN1CCc2ccc(NC(=O)c3cccc(NC(=O)C4CCCCC4)c3)cc21. The van der Waals surface area contributed by atoms with Gasteiger partial charge in [0.1, 0.15) is 0 Å². The lowest BCUT2D eigenvalue weighted by Crippen LogP contribution is -2.24. The number of benzene rings is 2. The van der Waals surface area contributed by atoms with Gasteiger partial charge in [-0.15, -0.1) is 0 Å². The molecule has 2 aliphatic rings. The molecule has 1 saturated carbocycles. The van der Waals surface area contributed by atoms with Crippen LogP contribution in [0.25, 0.3) is 0 Å². The van der Waals surface area contributed by atoms with Gasteiger partial charge in [-0.2, -0.15) is 0 Å². The third-order valence-electron chi connectivity index (χ3n) is 6.08. The van der Waals surface area contributed by atoms with Crippen molar-refractivity contribution in [2.45, 2.75) is 45.4 Å². The molecular weight excluding hydrogens is 362 g/mol. The highest BCUT2D eigenvalue weighted by atomic mass is 16.2. The molecule has 1 heterocycles. The molecule has 2 aromatic rings. The van der Waals surface area contributed by atoms with Crippen molar-refractivity contribution in [3.63, 3.8) is 0 Å². The van der Waals surface area contributed by atoms with Crippen LogP contribution in [-0.2, 0) is 11.2 Å². The lowest BCUT2D eigenvalue weighted by molar-refractivity contribution is -0.120. The van der Waals surface area contributed by atoms with E-state index in [1.807, 2.05) is 18.2 Å². The van der Waals surface area contributed by atoms with Gasteiger partial charge in [0, 0.05) is 41.6 Å². The van der Waals surface area contributed by atoms with E-state index in [-0.39, 0.29) is 17.7 Å². The topological polar surface area (TPSA) is 61.4 Å². The number of rotatable bonds is 5. The van der Waals surface area contributed by atoms with E-state index in [0.29, 0.717) is 11.3 Å². The highest BCUT2D eigenvalue weighted by Gasteiger charge is 2.21. The van der Waals surface area contributed by atoms with Crippen LogP contribution in [0.3, 0.4) is 0 Å². The van der Waals surface area contributed by atoms with Crippen LogP contribution in [0.1, 0.15) is 54.9 Å². The molecule has 1 aliphatic heterocycles. The Morgan fingerprint density at radius 1 is 1.00 bits per heavy atom. The summed E-state index contributed by atoms with van der Waals surface area (Å²) in [5.74, 6) is -0.00513. The number of nitrogens with zero attached hydrogens (tertiary/aromatic N) is 1. The third-order valence-corrected chi connectivity index (χ3v) is 6.08. The van der Waals surface area contributed by atoms with Gasteiger partial charge in [-0.05, 0) is 62.1 Å². The summed E-state index contributed by atoms with van der Waals surface area (Å²) < 4.78 is 0. The Kier molecular flexibility index (Phi) is 5.84. The molecule has 152 valence electrons. The van der Waals surface area contributed by atoms with Crippen molar-refractivity contribution in [1.29, 1.82) is 0 Å². The van der Waals surface area contributed by atoms with E-state index in [2.05, 4.69) is 34.6 Å². The third kappa shape index (κ3) is 4.44. The van der Waals surface area contributed by atoms with E-state index >= 15 is 0 Å². The standard InChI is InChI=1S/C24H29N3O2/c1-2-27-14-13-17-11-12-21(16-22(17)27)26-24(29)19-9-6-10-20(15-19)25-23(28)18-7-4-3-5-8-18/h6,9-12,15-16,18H,2-5,7-8,13-14H2,1H3,(H,25,28)(H,26,29). The van der Waals surface area contributed by atoms with Crippen LogP contribution in [0, 0.1) is 5.92 Å². The normalized spacial score (nSPS) is 16.4. The number of amides is 2. The summed E-state index contributed by atoms with van der Waals surface area (Å²) in [5.41, 5.74) is 4.56. The van der Waals surface area contributed by atoms with Gasteiger partial charge in [0.2, 0.25) is 5.91 Å². The first-order valence-corrected chi connectivity index (χ1v) is 10.7. The van der Waals surface area contributed by atoms with Crippen LogP contribution >= 0.6 is 0 Å². The lowest BCUT2D eigenvalue weighted by Gasteiger charge is -2.20. The summed E-state index contributed by atoms with van der Waals surface area (Å²) in [6, 6.07) is 13.3. The Hall–Kier alpha value is -2.82. The maximum atomic E-state index is 12.8. The van der Waals surface area contributed by atoms with Gasteiger partial charge in [0.15, 0.2) is 0 Å². The Morgan fingerprint density at radius 2 is 1.79 bits per heavy atom. The highest BCUT2D eigenvalue weighted by Crippen LogP contribution is 2.31. The Labute approximate surface area is 172 Å². The lowest BCUT2D eigenvalue weighted by atomic mass is 9.88. The fourth-order valence-corrected chi connectivity index (χ4v) is 4.40. The largest absolute Gasteiger partial charge is 0.371 e. The molecule has 0 spiro atoms. The van der Waals surface area contributed by atoms with Gasteiger partial charge in [-0.25, -0.2) is 0 Å². The molecule has 2 amide bonds. The average Bonchev–Trinajstić information content (AvgIpc) is 3.17. The fourth-order valence-electron chi connectivity index (χ4n) is 4.40. The van der Waals surface area contributed by atoms with Gasteiger partial charge < -0.3 is 15.5 Å². The minimum Gasteiger partial charge on any atom is -0.371 e. The number of hydrogen-bond acceptors (Lipinski definition) is 3. The van der Waals surface area contributed by atoms with Crippen molar-refractivity contribution in [1.82, 2.24) is 0 Å². The summed E-state index contributed by atoms with van der Waals surface area (Å²) in [6.45, 7) is 4.15. The monoisotopic (exact) mass is 391 g/mol.